The standard InChI is InChI=1S/C12H21NO2S/c1-2-10-5-3-4-6-12(10)13-11-7-8-16(14,15)9-11/h7-8,10-13H,2-6,9H2,1H3. The van der Waals surface area contributed by atoms with Crippen LogP contribution in [-0.2, 0) is 9.84 Å². The van der Waals surface area contributed by atoms with E-state index in [2.05, 4.69) is 12.2 Å². The number of hydrogen-bond donors (Lipinski definition) is 1. The SMILES string of the molecule is CCC1CCCCC1NC1C=CS(=O)(=O)C1. The van der Waals surface area contributed by atoms with Gasteiger partial charge in [-0.2, -0.15) is 0 Å². The molecule has 1 saturated carbocycles. The van der Waals surface area contributed by atoms with Crippen molar-refractivity contribution >= 4 is 9.84 Å². The van der Waals surface area contributed by atoms with Crippen LogP contribution in [0.2, 0.25) is 0 Å². The van der Waals surface area contributed by atoms with Crippen LogP contribution in [0.3, 0.4) is 0 Å². The molecule has 0 aromatic heterocycles. The molecule has 0 radical (unpaired) electrons. The lowest BCUT2D eigenvalue weighted by Crippen LogP contribution is -2.44. The molecule has 0 bridgehead atoms. The molecule has 0 aromatic carbocycles. The van der Waals surface area contributed by atoms with Crippen LogP contribution in [0.15, 0.2) is 11.5 Å². The zero-order valence-electron chi connectivity index (χ0n) is 9.85. The molecule has 3 unspecified atom stereocenters. The molecule has 1 aliphatic heterocycles. The maximum atomic E-state index is 11.3. The summed E-state index contributed by atoms with van der Waals surface area (Å²) in [6, 6.07) is 0.559. The molecule has 1 aliphatic carbocycles. The molecule has 92 valence electrons. The summed E-state index contributed by atoms with van der Waals surface area (Å²) in [4.78, 5) is 0. The Balaban J connectivity index is 1.92. The number of hydrogen-bond acceptors (Lipinski definition) is 3. The van der Waals surface area contributed by atoms with Gasteiger partial charge in [0.05, 0.1) is 5.75 Å². The zero-order chi connectivity index (χ0) is 11.6. The molecular formula is C12H21NO2S. The fourth-order valence-corrected chi connectivity index (χ4v) is 4.12. The van der Waals surface area contributed by atoms with Gasteiger partial charge in [0.15, 0.2) is 9.84 Å². The molecule has 4 heteroatoms. The Hall–Kier alpha value is -0.350. The van der Waals surface area contributed by atoms with Crippen LogP contribution in [0.4, 0.5) is 0 Å². The number of rotatable bonds is 3. The van der Waals surface area contributed by atoms with E-state index < -0.39 is 9.84 Å². The first kappa shape index (κ1) is 12.1. The highest BCUT2D eigenvalue weighted by Crippen LogP contribution is 2.27. The topological polar surface area (TPSA) is 46.2 Å². The average Bonchev–Trinajstić information content (AvgIpc) is 2.59. The fraction of sp³-hybridized carbons (Fsp3) is 0.833. The normalized spacial score (nSPS) is 37.7. The summed E-state index contributed by atoms with van der Waals surface area (Å²) in [5.41, 5.74) is 0. The van der Waals surface area contributed by atoms with E-state index in [4.69, 9.17) is 0 Å². The minimum atomic E-state index is -2.91. The second-order valence-electron chi connectivity index (χ2n) is 4.99. The summed E-state index contributed by atoms with van der Waals surface area (Å²) in [5.74, 6) is 0.977. The zero-order valence-corrected chi connectivity index (χ0v) is 10.7. The van der Waals surface area contributed by atoms with E-state index in [1.165, 1.54) is 37.5 Å². The van der Waals surface area contributed by atoms with Crippen molar-refractivity contribution in [3.8, 4) is 0 Å². The van der Waals surface area contributed by atoms with Gasteiger partial charge in [-0.1, -0.05) is 32.3 Å². The van der Waals surface area contributed by atoms with Crippen molar-refractivity contribution in [3.05, 3.63) is 11.5 Å². The van der Waals surface area contributed by atoms with Crippen molar-refractivity contribution in [2.24, 2.45) is 5.92 Å². The predicted molar refractivity (Wildman–Crippen MR) is 65.9 cm³/mol. The van der Waals surface area contributed by atoms with Crippen molar-refractivity contribution in [2.75, 3.05) is 5.75 Å². The third-order valence-electron chi connectivity index (χ3n) is 3.79. The molecule has 1 fully saturated rings. The molecule has 3 nitrogen and oxygen atoms in total. The molecule has 16 heavy (non-hydrogen) atoms. The van der Waals surface area contributed by atoms with Gasteiger partial charge in [-0.3, -0.25) is 0 Å². The minimum Gasteiger partial charge on any atom is -0.306 e. The van der Waals surface area contributed by atoms with Crippen LogP contribution < -0.4 is 5.32 Å². The Kier molecular flexibility index (Phi) is 3.70. The first-order chi connectivity index (χ1) is 7.61. The van der Waals surface area contributed by atoms with Crippen LogP contribution in [0.5, 0.6) is 0 Å². The molecule has 0 aromatic rings. The molecule has 1 N–H and O–H groups in total. The largest absolute Gasteiger partial charge is 0.306 e. The van der Waals surface area contributed by atoms with Gasteiger partial charge in [0.2, 0.25) is 0 Å². The van der Waals surface area contributed by atoms with Crippen LogP contribution >= 0.6 is 0 Å². The van der Waals surface area contributed by atoms with Crippen molar-refractivity contribution in [2.45, 2.75) is 51.1 Å². The van der Waals surface area contributed by atoms with Gasteiger partial charge in [-0.25, -0.2) is 8.42 Å². The summed E-state index contributed by atoms with van der Waals surface area (Å²) in [7, 11) is -2.91. The van der Waals surface area contributed by atoms with Crippen molar-refractivity contribution < 1.29 is 8.42 Å². The van der Waals surface area contributed by atoms with Gasteiger partial charge < -0.3 is 5.32 Å². The van der Waals surface area contributed by atoms with E-state index in [-0.39, 0.29) is 11.8 Å². The van der Waals surface area contributed by atoms with Crippen molar-refractivity contribution in [1.29, 1.82) is 0 Å². The lowest BCUT2D eigenvalue weighted by Gasteiger charge is -2.33. The van der Waals surface area contributed by atoms with Crippen molar-refractivity contribution in [1.82, 2.24) is 5.32 Å². The van der Waals surface area contributed by atoms with Crippen LogP contribution in [0.1, 0.15) is 39.0 Å². The highest BCUT2D eigenvalue weighted by Gasteiger charge is 2.28. The van der Waals surface area contributed by atoms with E-state index in [0.29, 0.717) is 6.04 Å². The maximum Gasteiger partial charge on any atom is 0.173 e. The molecule has 3 atom stereocenters. The summed E-state index contributed by atoms with van der Waals surface area (Å²) >= 11 is 0. The van der Waals surface area contributed by atoms with Gasteiger partial charge >= 0.3 is 0 Å². The molecule has 2 aliphatic rings. The van der Waals surface area contributed by atoms with E-state index in [9.17, 15) is 8.42 Å². The van der Waals surface area contributed by atoms with Crippen molar-refractivity contribution in [3.63, 3.8) is 0 Å². The Labute approximate surface area is 98.2 Å². The summed E-state index contributed by atoms with van der Waals surface area (Å²) in [6.07, 6.45) is 8.09. The van der Waals surface area contributed by atoms with Crippen LogP contribution in [0.25, 0.3) is 0 Å². The number of sulfone groups is 1. The summed E-state index contributed by atoms with van der Waals surface area (Å²) in [6.45, 7) is 2.23. The first-order valence-corrected chi connectivity index (χ1v) is 7.99. The Bertz CT molecular complexity index is 361. The quantitative estimate of drug-likeness (QED) is 0.823. The highest BCUT2D eigenvalue weighted by molar-refractivity contribution is 7.94. The predicted octanol–water partition coefficient (Wildman–Crippen LogP) is 1.86. The van der Waals surface area contributed by atoms with Gasteiger partial charge in [-0.15, -0.1) is 0 Å². The minimum absolute atomic E-state index is 0.0437. The summed E-state index contributed by atoms with van der Waals surface area (Å²) in [5, 5.41) is 4.86. The first-order valence-electron chi connectivity index (χ1n) is 6.28. The average molecular weight is 243 g/mol. The molecular weight excluding hydrogens is 222 g/mol. The maximum absolute atomic E-state index is 11.3. The van der Waals surface area contributed by atoms with Gasteiger partial charge in [-0.05, 0) is 18.8 Å². The lowest BCUT2D eigenvalue weighted by atomic mass is 9.82. The van der Waals surface area contributed by atoms with Gasteiger partial charge in [0.25, 0.3) is 0 Å². The second kappa shape index (κ2) is 4.88. The number of nitrogens with one attached hydrogen (secondary N) is 1. The Morgan fingerprint density at radius 1 is 1.31 bits per heavy atom. The van der Waals surface area contributed by atoms with Crippen LogP contribution in [-0.4, -0.2) is 26.3 Å². The summed E-state index contributed by atoms with van der Waals surface area (Å²) < 4.78 is 22.6. The molecule has 0 saturated heterocycles. The highest BCUT2D eigenvalue weighted by atomic mass is 32.2. The molecule has 0 amide bonds. The van der Waals surface area contributed by atoms with E-state index in [1.807, 2.05) is 0 Å². The monoisotopic (exact) mass is 243 g/mol. The fourth-order valence-electron chi connectivity index (χ4n) is 2.87. The lowest BCUT2D eigenvalue weighted by molar-refractivity contribution is 0.249. The van der Waals surface area contributed by atoms with Gasteiger partial charge in [0.1, 0.15) is 0 Å². The van der Waals surface area contributed by atoms with E-state index in [0.717, 1.165) is 5.92 Å². The van der Waals surface area contributed by atoms with E-state index in [1.54, 1.807) is 6.08 Å². The second-order valence-corrected chi connectivity index (χ2v) is 6.92. The third-order valence-corrected chi connectivity index (χ3v) is 5.19. The van der Waals surface area contributed by atoms with E-state index >= 15 is 0 Å². The third kappa shape index (κ3) is 2.86. The molecule has 1 heterocycles. The Morgan fingerprint density at radius 2 is 2.06 bits per heavy atom. The van der Waals surface area contributed by atoms with Gasteiger partial charge in [0, 0.05) is 17.5 Å². The molecule has 2 rings (SSSR count). The smallest absolute Gasteiger partial charge is 0.173 e. The Morgan fingerprint density at radius 3 is 2.69 bits per heavy atom. The molecule has 0 spiro atoms. The van der Waals surface area contributed by atoms with Crippen LogP contribution in [0, 0.1) is 5.92 Å².